The number of hydrogen-bond acceptors (Lipinski definition) is 6. The minimum atomic E-state index is -0.776. The van der Waals surface area contributed by atoms with E-state index in [-0.39, 0.29) is 31.1 Å². The van der Waals surface area contributed by atoms with Gasteiger partial charge in [-0.3, -0.25) is 14.4 Å². The van der Waals surface area contributed by atoms with Crippen molar-refractivity contribution in [2.45, 2.75) is 309 Å². The highest BCUT2D eigenvalue weighted by Gasteiger charge is 2.19. The molecule has 0 rings (SSSR count). The average Bonchev–Trinajstić information content (AvgIpc) is 3.30. The van der Waals surface area contributed by atoms with Gasteiger partial charge in [0, 0.05) is 19.3 Å². The van der Waals surface area contributed by atoms with Crippen LogP contribution in [0.1, 0.15) is 303 Å². The molecule has 6 nitrogen and oxygen atoms in total. The molecule has 65 heavy (non-hydrogen) atoms. The van der Waals surface area contributed by atoms with Crippen LogP contribution >= 0.6 is 0 Å². The highest BCUT2D eigenvalue weighted by atomic mass is 16.6. The summed E-state index contributed by atoms with van der Waals surface area (Å²) >= 11 is 0. The fourth-order valence-corrected chi connectivity index (χ4v) is 8.40. The van der Waals surface area contributed by atoms with E-state index in [1.807, 2.05) is 0 Å². The van der Waals surface area contributed by atoms with Gasteiger partial charge in [-0.1, -0.05) is 269 Å². The van der Waals surface area contributed by atoms with Crippen LogP contribution in [0.4, 0.5) is 0 Å². The van der Waals surface area contributed by atoms with Crippen LogP contribution in [0, 0.1) is 0 Å². The Labute approximate surface area is 404 Å². The van der Waals surface area contributed by atoms with Gasteiger partial charge in [-0.05, 0) is 51.4 Å². The number of unbranched alkanes of at least 4 members (excludes halogenated alkanes) is 35. The number of allylic oxidation sites excluding steroid dienone is 6. The lowest BCUT2D eigenvalue weighted by Gasteiger charge is -2.18. The lowest BCUT2D eigenvalue weighted by Crippen LogP contribution is -2.30. The Hall–Kier alpha value is -2.37. The van der Waals surface area contributed by atoms with Crippen LogP contribution in [0.5, 0.6) is 0 Å². The molecule has 6 heteroatoms. The van der Waals surface area contributed by atoms with Crippen molar-refractivity contribution in [2.75, 3.05) is 13.2 Å². The molecule has 0 aliphatic rings. The van der Waals surface area contributed by atoms with Gasteiger partial charge in [-0.25, -0.2) is 0 Å². The molecule has 0 aromatic carbocycles. The summed E-state index contributed by atoms with van der Waals surface area (Å²) in [5.41, 5.74) is 0. The van der Waals surface area contributed by atoms with E-state index in [4.69, 9.17) is 14.2 Å². The molecule has 380 valence electrons. The van der Waals surface area contributed by atoms with Crippen LogP contribution < -0.4 is 0 Å². The molecule has 0 saturated carbocycles. The lowest BCUT2D eigenvalue weighted by atomic mass is 10.0. The van der Waals surface area contributed by atoms with Gasteiger partial charge in [-0.2, -0.15) is 0 Å². The van der Waals surface area contributed by atoms with Gasteiger partial charge in [0.25, 0.3) is 0 Å². The number of esters is 3. The fourth-order valence-electron chi connectivity index (χ4n) is 8.40. The highest BCUT2D eigenvalue weighted by Crippen LogP contribution is 2.17. The first-order valence-electron chi connectivity index (χ1n) is 28.5. The van der Waals surface area contributed by atoms with Crippen molar-refractivity contribution in [3.63, 3.8) is 0 Å². The van der Waals surface area contributed by atoms with Gasteiger partial charge in [0.05, 0.1) is 0 Å². The van der Waals surface area contributed by atoms with Gasteiger partial charge < -0.3 is 14.2 Å². The number of hydrogen-bond donors (Lipinski definition) is 0. The van der Waals surface area contributed by atoms with Gasteiger partial charge in [-0.15, -0.1) is 0 Å². The van der Waals surface area contributed by atoms with Gasteiger partial charge in [0.1, 0.15) is 13.2 Å². The summed E-state index contributed by atoms with van der Waals surface area (Å²) in [6.45, 7) is 6.54. The minimum Gasteiger partial charge on any atom is -0.462 e. The summed E-state index contributed by atoms with van der Waals surface area (Å²) in [7, 11) is 0. The molecule has 0 aromatic heterocycles. The third-order valence-corrected chi connectivity index (χ3v) is 12.7. The Morgan fingerprint density at radius 2 is 0.600 bits per heavy atom. The Balaban J connectivity index is 4.23. The largest absolute Gasteiger partial charge is 0.462 e. The predicted octanol–water partition coefficient (Wildman–Crippen LogP) is 18.9. The van der Waals surface area contributed by atoms with Crippen molar-refractivity contribution >= 4 is 17.9 Å². The van der Waals surface area contributed by atoms with Crippen molar-refractivity contribution < 1.29 is 28.6 Å². The number of rotatable bonds is 52. The molecule has 1 atom stereocenters. The molecule has 0 amide bonds. The SMILES string of the molecule is CC/C=C\C/C=C\C/C=C\CCCCCCCC(=O)OC(COC(=O)CCCCCCCCCCCC)COC(=O)CCCCCCCCCCCCCCCCCCCCCCCC. The summed E-state index contributed by atoms with van der Waals surface area (Å²) in [6, 6.07) is 0. The monoisotopic (exact) mass is 913 g/mol. The quantitative estimate of drug-likeness (QED) is 0.0262. The zero-order valence-corrected chi connectivity index (χ0v) is 43.5. The van der Waals surface area contributed by atoms with Crippen LogP contribution in [-0.2, 0) is 28.6 Å². The van der Waals surface area contributed by atoms with E-state index in [9.17, 15) is 14.4 Å². The highest BCUT2D eigenvalue weighted by molar-refractivity contribution is 5.71. The molecular weight excluding hydrogens is 805 g/mol. The summed E-state index contributed by atoms with van der Waals surface area (Å²) < 4.78 is 16.8. The second-order valence-corrected chi connectivity index (χ2v) is 19.2. The molecule has 0 spiro atoms. The molecule has 0 N–H and O–H groups in total. The zero-order valence-electron chi connectivity index (χ0n) is 43.5. The molecule has 0 bridgehead atoms. The Morgan fingerprint density at radius 1 is 0.323 bits per heavy atom. The van der Waals surface area contributed by atoms with Crippen molar-refractivity contribution in [3.05, 3.63) is 36.5 Å². The first-order valence-corrected chi connectivity index (χ1v) is 28.5. The van der Waals surface area contributed by atoms with E-state index in [1.54, 1.807) is 0 Å². The van der Waals surface area contributed by atoms with E-state index in [2.05, 4.69) is 57.2 Å². The van der Waals surface area contributed by atoms with E-state index in [1.165, 1.54) is 167 Å². The van der Waals surface area contributed by atoms with Crippen molar-refractivity contribution in [3.8, 4) is 0 Å². The molecule has 0 saturated heterocycles. The first kappa shape index (κ1) is 62.6. The third-order valence-electron chi connectivity index (χ3n) is 12.7. The van der Waals surface area contributed by atoms with Crippen LogP contribution in [0.15, 0.2) is 36.5 Å². The molecular formula is C59H108O6. The smallest absolute Gasteiger partial charge is 0.306 e. The van der Waals surface area contributed by atoms with E-state index < -0.39 is 6.10 Å². The fraction of sp³-hybridized carbons (Fsp3) is 0.847. The van der Waals surface area contributed by atoms with E-state index >= 15 is 0 Å². The normalized spacial score (nSPS) is 12.2. The molecule has 0 aliphatic carbocycles. The van der Waals surface area contributed by atoms with Crippen LogP contribution in [0.2, 0.25) is 0 Å². The summed E-state index contributed by atoms with van der Waals surface area (Å²) in [4.78, 5) is 38.0. The lowest BCUT2D eigenvalue weighted by molar-refractivity contribution is -0.167. The molecule has 0 aromatic rings. The number of carbonyl (C=O) groups excluding carboxylic acids is 3. The molecule has 0 aliphatic heterocycles. The van der Waals surface area contributed by atoms with Crippen molar-refractivity contribution in [1.82, 2.24) is 0 Å². The first-order chi connectivity index (χ1) is 32.0. The average molecular weight is 914 g/mol. The van der Waals surface area contributed by atoms with Gasteiger partial charge >= 0.3 is 17.9 Å². The molecule has 0 heterocycles. The maximum atomic E-state index is 12.8. The minimum absolute atomic E-state index is 0.0748. The Morgan fingerprint density at radius 3 is 0.938 bits per heavy atom. The van der Waals surface area contributed by atoms with Crippen molar-refractivity contribution in [1.29, 1.82) is 0 Å². The van der Waals surface area contributed by atoms with E-state index in [0.29, 0.717) is 19.3 Å². The molecule has 0 radical (unpaired) electrons. The van der Waals surface area contributed by atoms with Crippen LogP contribution in [0.3, 0.4) is 0 Å². The summed E-state index contributed by atoms with van der Waals surface area (Å²) in [6.07, 6.45) is 64.3. The van der Waals surface area contributed by atoms with Crippen molar-refractivity contribution in [2.24, 2.45) is 0 Å². The number of carbonyl (C=O) groups is 3. The Kier molecular flexibility index (Phi) is 52.3. The van der Waals surface area contributed by atoms with Gasteiger partial charge in [0.15, 0.2) is 6.10 Å². The second-order valence-electron chi connectivity index (χ2n) is 19.2. The molecule has 0 fully saturated rings. The Bertz CT molecular complexity index is 1090. The number of ether oxygens (including phenoxy) is 3. The standard InChI is InChI=1S/C59H108O6/c1-4-7-10-13-16-19-22-24-26-27-28-29-30-31-32-34-35-37-40-43-46-49-52-58(61)64-55-56(54-63-57(60)51-48-45-42-39-21-18-15-12-9-6-3)65-59(62)53-50-47-44-41-38-36-33-25-23-20-17-14-11-8-5-2/h8,11,17,20,25,33,56H,4-7,9-10,12-16,18-19,21-24,26-32,34-55H2,1-3H3/b11-8-,20-17-,33-25-. The van der Waals surface area contributed by atoms with Gasteiger partial charge in [0.2, 0.25) is 0 Å². The summed E-state index contributed by atoms with van der Waals surface area (Å²) in [5, 5.41) is 0. The third kappa shape index (κ3) is 52.5. The molecule has 1 unspecified atom stereocenters. The maximum absolute atomic E-state index is 12.8. The zero-order chi connectivity index (χ0) is 47.2. The van der Waals surface area contributed by atoms with Crippen LogP contribution in [-0.4, -0.2) is 37.2 Å². The maximum Gasteiger partial charge on any atom is 0.306 e. The predicted molar refractivity (Wildman–Crippen MR) is 279 cm³/mol. The second kappa shape index (κ2) is 54.2. The van der Waals surface area contributed by atoms with E-state index in [0.717, 1.165) is 96.3 Å². The summed E-state index contributed by atoms with van der Waals surface area (Å²) in [5.74, 6) is -0.877. The topological polar surface area (TPSA) is 78.9 Å². The van der Waals surface area contributed by atoms with Crippen LogP contribution in [0.25, 0.3) is 0 Å².